The van der Waals surface area contributed by atoms with E-state index in [2.05, 4.69) is 37.9 Å². The summed E-state index contributed by atoms with van der Waals surface area (Å²) in [5.74, 6) is 0. The Morgan fingerprint density at radius 1 is 1.40 bits per heavy atom. The van der Waals surface area contributed by atoms with Gasteiger partial charge in [-0.1, -0.05) is 42.6 Å². The lowest BCUT2D eigenvalue weighted by Gasteiger charge is -2.12. The third kappa shape index (κ3) is 3.32. The minimum atomic E-state index is -0.449. The van der Waals surface area contributed by atoms with Crippen LogP contribution in [0, 0.1) is 0 Å². The number of allylic oxidation sites excluding steroid dienone is 1. The molecule has 0 aliphatic rings. The predicted molar refractivity (Wildman–Crippen MR) is 68.2 cm³/mol. The predicted octanol–water partition coefficient (Wildman–Crippen LogP) is 1.91. The number of aliphatic hydroxyl groups is 1. The molecule has 0 aliphatic heterocycles. The molecule has 0 heterocycles. The molecule has 0 spiro atoms. The molecule has 1 aromatic carbocycles. The van der Waals surface area contributed by atoms with Crippen molar-refractivity contribution in [3.63, 3.8) is 0 Å². The topological polar surface area (TPSA) is 20.2 Å². The van der Waals surface area contributed by atoms with E-state index in [1.54, 1.807) is 0 Å². The van der Waals surface area contributed by atoms with Crippen molar-refractivity contribution in [2.45, 2.75) is 25.9 Å². The van der Waals surface area contributed by atoms with Gasteiger partial charge in [0.15, 0.2) is 0 Å². The average Bonchev–Trinajstić information content (AvgIpc) is 2.21. The number of hydrogen-bond donors (Lipinski definition) is 1. The minimum Gasteiger partial charge on any atom is -0.396 e. The zero-order valence-electron chi connectivity index (χ0n) is 9.59. The summed E-state index contributed by atoms with van der Waals surface area (Å²) < 4.78 is 0. The van der Waals surface area contributed by atoms with Crippen LogP contribution in [0.3, 0.4) is 0 Å². The molecule has 0 unspecified atom stereocenters. The summed E-state index contributed by atoms with van der Waals surface area (Å²) in [6, 6.07) is 6.57. The normalized spacial score (nSPS) is 10.7. The van der Waals surface area contributed by atoms with Gasteiger partial charge in [-0.3, -0.25) is 0 Å². The number of aliphatic hydroxyl groups excluding tert-OH is 1. The Labute approximate surface area is 94.1 Å². The Morgan fingerprint density at radius 2 is 2.13 bits per heavy atom. The van der Waals surface area contributed by atoms with Gasteiger partial charge in [-0.25, -0.2) is 0 Å². The second-order valence-corrected chi connectivity index (χ2v) is 6.50. The van der Waals surface area contributed by atoms with E-state index in [0.29, 0.717) is 0 Å². The van der Waals surface area contributed by atoms with E-state index in [0.717, 1.165) is 12.8 Å². The SMILES string of the molecule is C=CCc1ccc(CCO)c([Si](C)C)c1. The van der Waals surface area contributed by atoms with Gasteiger partial charge < -0.3 is 5.11 Å². The van der Waals surface area contributed by atoms with Crippen LogP contribution in [0.5, 0.6) is 0 Å². The van der Waals surface area contributed by atoms with Crippen LogP contribution < -0.4 is 5.19 Å². The summed E-state index contributed by atoms with van der Waals surface area (Å²) in [5.41, 5.74) is 2.64. The van der Waals surface area contributed by atoms with E-state index >= 15 is 0 Å². The van der Waals surface area contributed by atoms with Crippen molar-refractivity contribution in [3.05, 3.63) is 42.0 Å². The highest BCUT2D eigenvalue weighted by Gasteiger charge is 2.08. The van der Waals surface area contributed by atoms with E-state index in [1.807, 2.05) is 6.08 Å². The summed E-state index contributed by atoms with van der Waals surface area (Å²) in [7, 11) is -0.449. The van der Waals surface area contributed by atoms with Crippen molar-refractivity contribution in [1.29, 1.82) is 0 Å². The average molecular weight is 219 g/mol. The van der Waals surface area contributed by atoms with E-state index in [9.17, 15) is 0 Å². The largest absolute Gasteiger partial charge is 0.396 e. The smallest absolute Gasteiger partial charge is 0.0795 e. The lowest BCUT2D eigenvalue weighted by Crippen LogP contribution is -2.27. The summed E-state index contributed by atoms with van der Waals surface area (Å²) in [6.45, 7) is 8.58. The van der Waals surface area contributed by atoms with Gasteiger partial charge in [0.25, 0.3) is 0 Å². The number of hydrogen-bond acceptors (Lipinski definition) is 1. The molecule has 15 heavy (non-hydrogen) atoms. The maximum absolute atomic E-state index is 8.99. The standard InChI is InChI=1S/C13H19OSi/c1-4-5-11-6-7-12(8-9-14)13(10-11)15(2)3/h4,6-7,10,14H,1,5,8-9H2,2-3H3. The minimum absolute atomic E-state index is 0.239. The summed E-state index contributed by atoms with van der Waals surface area (Å²) in [4.78, 5) is 0. The third-order valence-electron chi connectivity index (χ3n) is 2.47. The molecule has 0 amide bonds. The molecule has 0 aromatic heterocycles. The van der Waals surface area contributed by atoms with Crippen LogP contribution in [0.4, 0.5) is 0 Å². The molecular weight excluding hydrogens is 200 g/mol. The second kappa shape index (κ2) is 5.88. The van der Waals surface area contributed by atoms with Gasteiger partial charge in [-0.2, -0.15) is 0 Å². The van der Waals surface area contributed by atoms with Gasteiger partial charge in [-0.05, 0) is 24.0 Å². The van der Waals surface area contributed by atoms with E-state index < -0.39 is 8.80 Å². The fraction of sp³-hybridized carbons (Fsp3) is 0.385. The molecule has 1 nitrogen and oxygen atoms in total. The highest BCUT2D eigenvalue weighted by Crippen LogP contribution is 2.06. The second-order valence-electron chi connectivity index (χ2n) is 3.96. The van der Waals surface area contributed by atoms with Crippen LogP contribution in [0.15, 0.2) is 30.9 Å². The zero-order chi connectivity index (χ0) is 11.3. The van der Waals surface area contributed by atoms with Crippen molar-refractivity contribution >= 4 is 14.0 Å². The molecule has 1 radical (unpaired) electrons. The van der Waals surface area contributed by atoms with Crippen LogP contribution in [0.25, 0.3) is 0 Å². The van der Waals surface area contributed by atoms with Crippen LogP contribution in [-0.2, 0) is 12.8 Å². The Bertz CT molecular complexity index is 331. The Balaban J connectivity index is 3.02. The molecule has 0 bridgehead atoms. The van der Waals surface area contributed by atoms with Crippen LogP contribution in [0.2, 0.25) is 13.1 Å². The first-order valence-electron chi connectivity index (χ1n) is 5.33. The quantitative estimate of drug-likeness (QED) is 0.592. The van der Waals surface area contributed by atoms with Gasteiger partial charge in [0.1, 0.15) is 0 Å². The van der Waals surface area contributed by atoms with Crippen molar-refractivity contribution in [2.75, 3.05) is 6.61 Å². The highest BCUT2D eigenvalue weighted by atomic mass is 28.3. The molecular formula is C13H19OSi. The van der Waals surface area contributed by atoms with Gasteiger partial charge in [0.05, 0.1) is 8.80 Å². The molecule has 0 fully saturated rings. The first-order valence-corrected chi connectivity index (χ1v) is 7.83. The van der Waals surface area contributed by atoms with Crippen molar-refractivity contribution in [1.82, 2.24) is 0 Å². The fourth-order valence-electron chi connectivity index (χ4n) is 1.72. The zero-order valence-corrected chi connectivity index (χ0v) is 10.6. The van der Waals surface area contributed by atoms with Gasteiger partial charge >= 0.3 is 0 Å². The Kier molecular flexibility index (Phi) is 4.79. The van der Waals surface area contributed by atoms with Crippen molar-refractivity contribution in [3.8, 4) is 0 Å². The molecule has 2 heteroatoms. The molecule has 1 aromatic rings. The molecule has 0 saturated carbocycles. The first-order chi connectivity index (χ1) is 7.19. The van der Waals surface area contributed by atoms with Crippen molar-refractivity contribution in [2.24, 2.45) is 0 Å². The summed E-state index contributed by atoms with van der Waals surface area (Å²) >= 11 is 0. The van der Waals surface area contributed by atoms with Gasteiger partial charge in [0.2, 0.25) is 0 Å². The molecule has 0 saturated heterocycles. The molecule has 0 aliphatic carbocycles. The first kappa shape index (κ1) is 12.2. The fourth-order valence-corrected chi connectivity index (χ4v) is 3.05. The molecule has 0 atom stereocenters. The van der Waals surface area contributed by atoms with Crippen LogP contribution in [-0.4, -0.2) is 20.5 Å². The lowest BCUT2D eigenvalue weighted by molar-refractivity contribution is 0.300. The maximum Gasteiger partial charge on any atom is 0.0795 e. The van der Waals surface area contributed by atoms with Gasteiger partial charge in [-0.15, -0.1) is 6.58 Å². The van der Waals surface area contributed by atoms with Gasteiger partial charge in [0, 0.05) is 6.61 Å². The van der Waals surface area contributed by atoms with E-state index in [1.165, 1.54) is 16.3 Å². The number of benzene rings is 1. The number of rotatable bonds is 5. The molecule has 1 rings (SSSR count). The van der Waals surface area contributed by atoms with Crippen LogP contribution in [0.1, 0.15) is 11.1 Å². The van der Waals surface area contributed by atoms with E-state index in [-0.39, 0.29) is 6.61 Å². The third-order valence-corrected chi connectivity index (χ3v) is 4.02. The highest BCUT2D eigenvalue weighted by molar-refractivity contribution is 6.71. The maximum atomic E-state index is 8.99. The molecule has 1 N–H and O–H groups in total. The Morgan fingerprint density at radius 3 is 2.67 bits per heavy atom. The summed E-state index contributed by atoms with van der Waals surface area (Å²) in [5, 5.41) is 10.4. The Hall–Kier alpha value is -0.863. The molecule has 81 valence electrons. The van der Waals surface area contributed by atoms with E-state index in [4.69, 9.17) is 5.11 Å². The lowest BCUT2D eigenvalue weighted by atomic mass is 10.1. The summed E-state index contributed by atoms with van der Waals surface area (Å²) in [6.07, 6.45) is 3.64. The monoisotopic (exact) mass is 219 g/mol. The van der Waals surface area contributed by atoms with Crippen LogP contribution >= 0.6 is 0 Å². The van der Waals surface area contributed by atoms with Crippen molar-refractivity contribution < 1.29 is 5.11 Å².